The van der Waals surface area contributed by atoms with Crippen LogP contribution in [0.1, 0.15) is 79.1 Å². The van der Waals surface area contributed by atoms with Gasteiger partial charge in [-0.1, -0.05) is 52.4 Å². The predicted octanol–water partition coefficient (Wildman–Crippen LogP) is 3.61. The summed E-state index contributed by atoms with van der Waals surface area (Å²) in [5.74, 6) is -0.833. The summed E-state index contributed by atoms with van der Waals surface area (Å²) >= 11 is 0. The molecule has 0 aliphatic heterocycles. The number of carbonyl (C=O) groups is 1. The van der Waals surface area contributed by atoms with Crippen LogP contribution in [0.15, 0.2) is 0 Å². The van der Waals surface area contributed by atoms with Gasteiger partial charge in [0.1, 0.15) is 0 Å². The largest absolute Gasteiger partial charge is 0.481 e. The molecule has 5 heteroatoms. The highest BCUT2D eigenvalue weighted by atomic mass is 16.5. The normalized spacial score (nSPS) is 10.8. The Morgan fingerprint density at radius 2 is 1.27 bits per heavy atom. The van der Waals surface area contributed by atoms with Gasteiger partial charge >= 0.3 is 0 Å². The van der Waals surface area contributed by atoms with Crippen LogP contribution in [0.2, 0.25) is 0 Å². The lowest BCUT2D eigenvalue weighted by atomic mass is 10.2. The number of ether oxygens (including phenoxy) is 1. The van der Waals surface area contributed by atoms with Crippen molar-refractivity contribution in [2.75, 3.05) is 19.8 Å². The summed E-state index contributed by atoms with van der Waals surface area (Å²) in [6, 6.07) is 0. The van der Waals surface area contributed by atoms with Crippen molar-refractivity contribution in [3.8, 4) is 0 Å². The van der Waals surface area contributed by atoms with Gasteiger partial charge in [0.15, 0.2) is 0 Å². The Balaban J connectivity index is -0.000000330. The second-order valence-electron chi connectivity index (χ2n) is 5.28. The van der Waals surface area contributed by atoms with E-state index in [1.165, 1.54) is 58.3 Å². The molecule has 0 saturated heterocycles. The summed E-state index contributed by atoms with van der Waals surface area (Å²) in [5, 5.41) is 23.4. The second kappa shape index (κ2) is 25.3. The summed E-state index contributed by atoms with van der Waals surface area (Å²) in [6.07, 6.45) is 9.97. The number of hydrogen-bond acceptors (Lipinski definition) is 4. The second-order valence-corrected chi connectivity index (χ2v) is 5.28. The molecule has 0 aromatic heterocycles. The third-order valence-electron chi connectivity index (χ3n) is 2.55. The van der Waals surface area contributed by atoms with Crippen molar-refractivity contribution in [3.05, 3.63) is 0 Å². The van der Waals surface area contributed by atoms with Crippen molar-refractivity contribution in [1.29, 1.82) is 0 Å². The zero-order valence-electron chi connectivity index (χ0n) is 15.0. The Hall–Kier alpha value is -0.650. The molecule has 0 saturated carbocycles. The van der Waals surface area contributed by atoms with E-state index in [9.17, 15) is 0 Å². The van der Waals surface area contributed by atoms with Gasteiger partial charge in [0.05, 0.1) is 12.7 Å². The molecule has 0 spiro atoms. The number of carboxylic acids is 1. The van der Waals surface area contributed by atoms with Crippen LogP contribution < -0.4 is 0 Å². The van der Waals surface area contributed by atoms with Crippen LogP contribution in [-0.4, -0.2) is 47.2 Å². The first-order valence-corrected chi connectivity index (χ1v) is 8.48. The lowest BCUT2D eigenvalue weighted by Crippen LogP contribution is -2.03. The summed E-state index contributed by atoms with van der Waals surface area (Å²) in [7, 11) is 0. The molecule has 0 bridgehead atoms. The van der Waals surface area contributed by atoms with Crippen molar-refractivity contribution in [1.82, 2.24) is 0 Å². The van der Waals surface area contributed by atoms with Gasteiger partial charge in [0, 0.05) is 20.1 Å². The van der Waals surface area contributed by atoms with Gasteiger partial charge in [-0.15, -0.1) is 0 Å². The molecule has 0 aliphatic rings. The third-order valence-corrected chi connectivity index (χ3v) is 2.55. The topological polar surface area (TPSA) is 87.0 Å². The highest BCUT2D eigenvalue weighted by Gasteiger charge is 1.90. The fraction of sp³-hybridized carbons (Fsp3) is 0.941. The zero-order valence-corrected chi connectivity index (χ0v) is 15.0. The van der Waals surface area contributed by atoms with Crippen LogP contribution in [0, 0.1) is 0 Å². The Kier molecular flexibility index (Phi) is 30.2. The van der Waals surface area contributed by atoms with E-state index in [4.69, 9.17) is 24.9 Å². The van der Waals surface area contributed by atoms with E-state index in [-0.39, 0.29) is 6.61 Å². The van der Waals surface area contributed by atoms with Crippen LogP contribution in [0.25, 0.3) is 0 Å². The highest BCUT2D eigenvalue weighted by molar-refractivity contribution is 5.62. The van der Waals surface area contributed by atoms with E-state index in [2.05, 4.69) is 13.8 Å². The molecular weight excluding hydrogens is 284 g/mol. The van der Waals surface area contributed by atoms with Crippen LogP contribution in [0.4, 0.5) is 0 Å². The van der Waals surface area contributed by atoms with E-state index in [1.54, 1.807) is 0 Å². The van der Waals surface area contributed by atoms with Gasteiger partial charge in [-0.05, 0) is 19.8 Å². The average Bonchev–Trinajstić information content (AvgIpc) is 2.45. The quantitative estimate of drug-likeness (QED) is 0.506. The first-order chi connectivity index (χ1) is 10.4. The maximum Gasteiger partial charge on any atom is 0.300 e. The molecule has 1 atom stereocenters. The van der Waals surface area contributed by atoms with Crippen molar-refractivity contribution >= 4 is 5.97 Å². The zero-order chi connectivity index (χ0) is 17.6. The number of carboxylic acid groups (broad SMARTS) is 1. The van der Waals surface area contributed by atoms with Gasteiger partial charge < -0.3 is 20.1 Å². The fourth-order valence-corrected chi connectivity index (χ4v) is 1.36. The van der Waals surface area contributed by atoms with E-state index >= 15 is 0 Å². The van der Waals surface area contributed by atoms with E-state index in [0.29, 0.717) is 0 Å². The van der Waals surface area contributed by atoms with E-state index in [1.807, 2.05) is 0 Å². The smallest absolute Gasteiger partial charge is 0.300 e. The summed E-state index contributed by atoms with van der Waals surface area (Å²) in [4.78, 5) is 9.00. The molecule has 136 valence electrons. The van der Waals surface area contributed by atoms with E-state index < -0.39 is 12.1 Å². The fourth-order valence-electron chi connectivity index (χ4n) is 1.36. The van der Waals surface area contributed by atoms with Crippen molar-refractivity contribution < 1.29 is 24.9 Å². The monoisotopic (exact) mass is 322 g/mol. The molecule has 1 unspecified atom stereocenters. The minimum absolute atomic E-state index is 0.139. The first-order valence-electron chi connectivity index (χ1n) is 8.48. The molecule has 0 rings (SSSR count). The molecule has 0 aliphatic carbocycles. The summed E-state index contributed by atoms with van der Waals surface area (Å²) < 4.78 is 5.53. The van der Waals surface area contributed by atoms with Gasteiger partial charge in [-0.3, -0.25) is 4.79 Å². The minimum atomic E-state index is -0.833. The van der Waals surface area contributed by atoms with Gasteiger partial charge in [-0.25, -0.2) is 0 Å². The number of rotatable bonds is 11. The molecule has 3 N–H and O–H groups in total. The average molecular weight is 322 g/mol. The Morgan fingerprint density at radius 3 is 1.50 bits per heavy atom. The Labute approximate surface area is 136 Å². The predicted molar refractivity (Wildman–Crippen MR) is 91.2 cm³/mol. The minimum Gasteiger partial charge on any atom is -0.481 e. The highest BCUT2D eigenvalue weighted by Crippen LogP contribution is 2.01. The molecule has 0 aromatic rings. The number of aliphatic hydroxyl groups excluding tert-OH is 2. The Bertz CT molecular complexity index is 181. The number of hydrogen-bond donors (Lipinski definition) is 3. The van der Waals surface area contributed by atoms with E-state index in [0.717, 1.165) is 20.1 Å². The molecular formula is C17H38O5. The van der Waals surface area contributed by atoms with Crippen molar-refractivity contribution in [2.24, 2.45) is 0 Å². The van der Waals surface area contributed by atoms with Crippen molar-refractivity contribution in [3.63, 3.8) is 0 Å². The van der Waals surface area contributed by atoms with Gasteiger partial charge in [-0.2, -0.15) is 0 Å². The lowest BCUT2D eigenvalue weighted by Gasteiger charge is -2.03. The maximum atomic E-state index is 9.00. The van der Waals surface area contributed by atoms with Crippen LogP contribution >= 0.6 is 0 Å². The number of aliphatic hydroxyl groups is 2. The molecule has 0 amide bonds. The summed E-state index contributed by atoms with van der Waals surface area (Å²) in [5.41, 5.74) is 0. The third kappa shape index (κ3) is 50.6. The standard InChI is InChI=1S/C12H26O.C3H8O2.C2H4O2/c1-3-5-7-9-11-13-12-10-8-6-4-2;1-3(5)2-4;1-2(3)4/h3-12H2,1-2H3;3-5H,2H2,1H3;1H3,(H,3,4). The van der Waals surface area contributed by atoms with Crippen LogP contribution in [0.5, 0.6) is 0 Å². The van der Waals surface area contributed by atoms with Crippen molar-refractivity contribution in [2.45, 2.75) is 85.2 Å². The molecule has 5 nitrogen and oxygen atoms in total. The van der Waals surface area contributed by atoms with Gasteiger partial charge in [0.2, 0.25) is 0 Å². The molecule has 0 aromatic carbocycles. The number of unbranched alkanes of at least 4 members (excludes halogenated alkanes) is 6. The molecule has 0 radical (unpaired) electrons. The van der Waals surface area contributed by atoms with Crippen LogP contribution in [-0.2, 0) is 9.53 Å². The van der Waals surface area contributed by atoms with Crippen LogP contribution in [0.3, 0.4) is 0 Å². The molecule has 22 heavy (non-hydrogen) atoms. The lowest BCUT2D eigenvalue weighted by molar-refractivity contribution is -0.134. The molecule has 0 heterocycles. The van der Waals surface area contributed by atoms with Gasteiger partial charge in [0.25, 0.3) is 5.97 Å². The SMILES string of the molecule is CC(=O)O.CC(O)CO.CCCCCCOCCCCCC. The Morgan fingerprint density at radius 1 is 0.955 bits per heavy atom. The first kappa shape index (κ1) is 26.3. The molecule has 0 fully saturated rings. The number of aliphatic carboxylic acids is 1. The summed E-state index contributed by atoms with van der Waals surface area (Å²) in [6.45, 7) is 8.91. The maximum absolute atomic E-state index is 9.00.